The molecule has 0 saturated carbocycles. The molecular formula is C16H16N2O5S. The normalized spacial score (nSPS) is 12.6. The van der Waals surface area contributed by atoms with E-state index < -0.39 is 12.0 Å². The molecule has 126 valence electrons. The number of rotatable bonds is 6. The van der Waals surface area contributed by atoms with E-state index in [1.54, 1.807) is 24.6 Å². The van der Waals surface area contributed by atoms with Gasteiger partial charge in [-0.2, -0.15) is 0 Å². The molecule has 3 aromatic rings. The summed E-state index contributed by atoms with van der Waals surface area (Å²) < 4.78 is 11.6. The lowest BCUT2D eigenvalue weighted by Gasteiger charge is -2.16. The number of thiophene rings is 1. The van der Waals surface area contributed by atoms with Gasteiger partial charge in [0.25, 0.3) is 5.56 Å². The molecule has 1 N–H and O–H groups in total. The first-order chi connectivity index (χ1) is 11.5. The lowest BCUT2D eigenvalue weighted by molar-refractivity contribution is -0.140. The van der Waals surface area contributed by atoms with E-state index in [1.165, 1.54) is 29.1 Å². The van der Waals surface area contributed by atoms with E-state index in [-0.39, 0.29) is 5.56 Å². The highest BCUT2D eigenvalue weighted by molar-refractivity contribution is 7.17. The number of aliphatic carboxylic acids is 1. The lowest BCUT2D eigenvalue weighted by atomic mass is 10.2. The molecular weight excluding hydrogens is 332 g/mol. The van der Waals surface area contributed by atoms with E-state index in [9.17, 15) is 14.7 Å². The second-order valence-electron chi connectivity index (χ2n) is 5.27. The fraction of sp³-hybridized carbons (Fsp3) is 0.312. The first kappa shape index (κ1) is 16.4. The fourth-order valence-corrected chi connectivity index (χ4v) is 3.47. The van der Waals surface area contributed by atoms with Crippen LogP contribution in [0.2, 0.25) is 0 Å². The van der Waals surface area contributed by atoms with Gasteiger partial charge in [0.2, 0.25) is 0 Å². The van der Waals surface area contributed by atoms with Gasteiger partial charge in [0.15, 0.2) is 0 Å². The minimum Gasteiger partial charge on any atom is -0.480 e. The summed E-state index contributed by atoms with van der Waals surface area (Å²) in [6, 6.07) is 2.47. The Morgan fingerprint density at radius 2 is 2.33 bits per heavy atom. The number of hydrogen-bond donors (Lipinski definition) is 1. The van der Waals surface area contributed by atoms with Crippen molar-refractivity contribution in [3.05, 3.63) is 40.0 Å². The molecule has 0 aliphatic rings. The van der Waals surface area contributed by atoms with Crippen molar-refractivity contribution < 1.29 is 19.1 Å². The zero-order valence-corrected chi connectivity index (χ0v) is 14.0. The van der Waals surface area contributed by atoms with Gasteiger partial charge in [-0.05, 0) is 19.1 Å². The zero-order chi connectivity index (χ0) is 17.3. The summed E-state index contributed by atoms with van der Waals surface area (Å²) >= 11 is 1.33. The van der Waals surface area contributed by atoms with Crippen LogP contribution in [0, 0.1) is 0 Å². The number of hydrogen-bond acceptors (Lipinski definition) is 6. The fourth-order valence-electron chi connectivity index (χ4n) is 2.54. The van der Waals surface area contributed by atoms with E-state index in [1.807, 2.05) is 0 Å². The van der Waals surface area contributed by atoms with Gasteiger partial charge in [0.1, 0.15) is 22.5 Å². The highest BCUT2D eigenvalue weighted by Gasteiger charge is 2.24. The van der Waals surface area contributed by atoms with Crippen LogP contribution in [0.3, 0.4) is 0 Å². The minimum absolute atomic E-state index is 0.348. The molecule has 0 radical (unpaired) electrons. The van der Waals surface area contributed by atoms with Crippen LogP contribution in [-0.2, 0) is 16.0 Å². The third-order valence-corrected chi connectivity index (χ3v) is 4.65. The van der Waals surface area contributed by atoms with Gasteiger partial charge < -0.3 is 14.3 Å². The Labute approximate surface area is 141 Å². The minimum atomic E-state index is -1.09. The topological polar surface area (TPSA) is 94.6 Å². The van der Waals surface area contributed by atoms with Crippen molar-refractivity contribution >= 4 is 27.5 Å². The van der Waals surface area contributed by atoms with E-state index in [2.05, 4.69) is 4.98 Å². The van der Waals surface area contributed by atoms with Gasteiger partial charge >= 0.3 is 5.97 Å². The SMILES string of the molecule is COCCc1nc2scc(-c3ccco3)c2c(=O)n1C(C)C(=O)O. The number of carboxylic acids is 1. The number of ether oxygens (including phenoxy) is 1. The predicted molar refractivity (Wildman–Crippen MR) is 89.5 cm³/mol. The maximum absolute atomic E-state index is 13.0. The van der Waals surface area contributed by atoms with Crippen molar-refractivity contribution in [2.45, 2.75) is 19.4 Å². The van der Waals surface area contributed by atoms with Gasteiger partial charge in [-0.15, -0.1) is 11.3 Å². The number of methoxy groups -OCH3 is 1. The van der Waals surface area contributed by atoms with Crippen molar-refractivity contribution in [2.24, 2.45) is 0 Å². The van der Waals surface area contributed by atoms with Gasteiger partial charge in [-0.3, -0.25) is 9.36 Å². The van der Waals surface area contributed by atoms with Gasteiger partial charge in [0.05, 0.1) is 18.3 Å². The molecule has 7 nitrogen and oxygen atoms in total. The largest absolute Gasteiger partial charge is 0.480 e. The van der Waals surface area contributed by atoms with Crippen LogP contribution in [0.1, 0.15) is 18.8 Å². The van der Waals surface area contributed by atoms with Gasteiger partial charge in [-0.25, -0.2) is 9.78 Å². The zero-order valence-electron chi connectivity index (χ0n) is 13.2. The van der Waals surface area contributed by atoms with Crippen molar-refractivity contribution in [1.82, 2.24) is 9.55 Å². The molecule has 3 rings (SSSR count). The molecule has 3 aromatic heterocycles. The third-order valence-electron chi connectivity index (χ3n) is 3.77. The summed E-state index contributed by atoms with van der Waals surface area (Å²) in [6.07, 6.45) is 1.88. The van der Waals surface area contributed by atoms with Gasteiger partial charge in [-0.1, -0.05) is 0 Å². The second-order valence-corrected chi connectivity index (χ2v) is 6.13. The molecule has 0 saturated heterocycles. The highest BCUT2D eigenvalue weighted by atomic mass is 32.1. The molecule has 24 heavy (non-hydrogen) atoms. The Morgan fingerprint density at radius 3 is 2.96 bits per heavy atom. The summed E-state index contributed by atoms with van der Waals surface area (Å²) in [4.78, 5) is 29.5. The Morgan fingerprint density at radius 1 is 1.54 bits per heavy atom. The standard InChI is InChI=1S/C16H16N2O5S/c1-9(16(20)21)18-12(5-7-22-2)17-14-13(15(18)19)10(8-24-14)11-4-3-6-23-11/h3-4,6,8-9H,5,7H2,1-2H3,(H,20,21). The molecule has 1 atom stereocenters. The third kappa shape index (κ3) is 2.74. The second kappa shape index (κ2) is 6.58. The smallest absolute Gasteiger partial charge is 0.326 e. The molecule has 0 spiro atoms. The number of nitrogens with zero attached hydrogens (tertiary/aromatic N) is 2. The van der Waals surface area contributed by atoms with E-state index >= 15 is 0 Å². The molecule has 0 fully saturated rings. The molecule has 1 unspecified atom stereocenters. The lowest BCUT2D eigenvalue weighted by Crippen LogP contribution is -2.32. The van der Waals surface area contributed by atoms with E-state index in [0.717, 1.165) is 0 Å². The van der Waals surface area contributed by atoms with Crippen molar-refractivity contribution in [3.63, 3.8) is 0 Å². The monoisotopic (exact) mass is 348 g/mol. The maximum Gasteiger partial charge on any atom is 0.326 e. The van der Waals surface area contributed by atoms with Gasteiger partial charge in [0, 0.05) is 24.5 Å². The van der Waals surface area contributed by atoms with Crippen molar-refractivity contribution in [3.8, 4) is 11.3 Å². The Bertz CT molecular complexity index is 926. The number of aromatic nitrogens is 2. The summed E-state index contributed by atoms with van der Waals surface area (Å²) in [5.74, 6) is -0.136. The van der Waals surface area contributed by atoms with Crippen LogP contribution in [0.5, 0.6) is 0 Å². The van der Waals surface area contributed by atoms with Crippen molar-refractivity contribution in [1.29, 1.82) is 0 Å². The molecule has 0 aliphatic carbocycles. The summed E-state index contributed by atoms with van der Waals surface area (Å²) in [5.41, 5.74) is 0.246. The first-order valence-electron chi connectivity index (χ1n) is 7.32. The quantitative estimate of drug-likeness (QED) is 0.736. The predicted octanol–water partition coefficient (Wildman–Crippen LogP) is 2.55. The summed E-state index contributed by atoms with van der Waals surface area (Å²) in [6.45, 7) is 1.81. The maximum atomic E-state index is 13.0. The van der Waals surface area contributed by atoms with E-state index in [0.29, 0.717) is 40.4 Å². The number of fused-ring (bicyclic) bond motifs is 1. The average molecular weight is 348 g/mol. The average Bonchev–Trinajstić information content (AvgIpc) is 3.21. The van der Waals surface area contributed by atoms with Crippen LogP contribution in [0.15, 0.2) is 33.0 Å². The number of furan rings is 1. The summed E-state index contributed by atoms with van der Waals surface area (Å²) in [7, 11) is 1.54. The van der Waals surface area contributed by atoms with Crippen LogP contribution in [0.4, 0.5) is 0 Å². The number of carbonyl (C=O) groups is 1. The summed E-state index contributed by atoms with van der Waals surface area (Å²) in [5, 5.41) is 11.5. The molecule has 8 heteroatoms. The Kier molecular flexibility index (Phi) is 4.50. The van der Waals surface area contributed by atoms with Crippen LogP contribution >= 0.6 is 11.3 Å². The molecule has 0 aromatic carbocycles. The molecule has 0 aliphatic heterocycles. The van der Waals surface area contributed by atoms with Crippen molar-refractivity contribution in [2.75, 3.05) is 13.7 Å². The molecule has 0 amide bonds. The Hall–Kier alpha value is -2.45. The first-order valence-corrected chi connectivity index (χ1v) is 8.20. The van der Waals surface area contributed by atoms with Crippen LogP contribution in [0.25, 0.3) is 21.5 Å². The van der Waals surface area contributed by atoms with Crippen LogP contribution < -0.4 is 5.56 Å². The van der Waals surface area contributed by atoms with E-state index in [4.69, 9.17) is 9.15 Å². The number of carboxylic acid groups (broad SMARTS) is 1. The molecule has 3 heterocycles. The Balaban J connectivity index is 2.28. The molecule has 0 bridgehead atoms. The van der Waals surface area contributed by atoms with Crippen LogP contribution in [-0.4, -0.2) is 34.3 Å². The highest BCUT2D eigenvalue weighted by Crippen LogP contribution is 2.31.